The number of hydrogen-bond donors (Lipinski definition) is 4. The topological polar surface area (TPSA) is 130 Å². The Kier molecular flexibility index (Phi) is 6.35. The Labute approximate surface area is 213 Å². The van der Waals surface area contributed by atoms with Gasteiger partial charge in [0.2, 0.25) is 5.91 Å². The van der Waals surface area contributed by atoms with Crippen LogP contribution in [-0.2, 0) is 6.54 Å². The molecule has 5 rings (SSSR count). The van der Waals surface area contributed by atoms with Crippen LogP contribution < -0.4 is 21.7 Å². The Morgan fingerprint density at radius 1 is 1.00 bits per heavy atom. The first kappa shape index (κ1) is 24.1. The lowest BCUT2D eigenvalue weighted by Gasteiger charge is -2.18. The molecule has 8 nitrogen and oxygen atoms in total. The summed E-state index contributed by atoms with van der Waals surface area (Å²) < 4.78 is 15.6. The van der Waals surface area contributed by atoms with Crippen molar-refractivity contribution in [2.75, 3.05) is 23.3 Å². The fraction of sp³-hybridized carbons (Fsp3) is 0.179. The van der Waals surface area contributed by atoms with E-state index in [0.717, 1.165) is 22.2 Å². The van der Waals surface area contributed by atoms with Crippen LogP contribution in [0.15, 0.2) is 72.8 Å². The Hall–Kier alpha value is -4.66. The number of carbonyl (C=O) groups excluding carboxylic acids is 2. The van der Waals surface area contributed by atoms with Crippen LogP contribution in [0.4, 0.5) is 15.8 Å². The molecule has 1 aromatic heterocycles. The first-order chi connectivity index (χ1) is 17.8. The number of alkyl halides is 1. The number of primary amides is 1. The second-order valence-corrected chi connectivity index (χ2v) is 9.20. The fourth-order valence-corrected chi connectivity index (χ4v) is 4.67. The summed E-state index contributed by atoms with van der Waals surface area (Å²) in [5.41, 5.74) is 15.5. The lowest BCUT2D eigenvalue weighted by molar-refractivity contribution is 0.0997. The average Bonchev–Trinajstić information content (AvgIpc) is 3.48. The number of amidine groups is 1. The number of nitrogens with two attached hydrogens (primary N) is 2. The van der Waals surface area contributed by atoms with Crippen LogP contribution in [0.3, 0.4) is 0 Å². The molecule has 0 aliphatic carbocycles. The van der Waals surface area contributed by atoms with Crippen molar-refractivity contribution in [1.82, 2.24) is 4.57 Å². The molecule has 37 heavy (non-hydrogen) atoms. The molecule has 188 valence electrons. The van der Waals surface area contributed by atoms with Crippen molar-refractivity contribution in [2.45, 2.75) is 19.1 Å². The maximum Gasteiger partial charge on any atom is 0.272 e. The van der Waals surface area contributed by atoms with Crippen molar-refractivity contribution < 1.29 is 14.0 Å². The third kappa shape index (κ3) is 5.02. The van der Waals surface area contributed by atoms with Gasteiger partial charge in [0.1, 0.15) is 17.7 Å². The first-order valence-electron chi connectivity index (χ1n) is 12.0. The summed E-state index contributed by atoms with van der Waals surface area (Å²) in [4.78, 5) is 26.9. The van der Waals surface area contributed by atoms with Crippen LogP contribution in [-0.4, -0.2) is 41.5 Å². The number of nitrogens with one attached hydrogen (secondary N) is 2. The third-order valence-electron chi connectivity index (χ3n) is 6.63. The van der Waals surface area contributed by atoms with Gasteiger partial charge in [-0.25, -0.2) is 4.39 Å². The van der Waals surface area contributed by atoms with E-state index in [1.54, 1.807) is 48.5 Å². The molecular weight excluding hydrogens is 471 g/mol. The summed E-state index contributed by atoms with van der Waals surface area (Å²) >= 11 is 0. The Balaban J connectivity index is 1.49. The quantitative estimate of drug-likeness (QED) is 0.228. The summed E-state index contributed by atoms with van der Waals surface area (Å²) in [6.45, 7) is 1.33. The standard InChI is InChI=1S/C28H27FN6O2/c29-21-10-11-34(16-21)23-3-1-2-22(14-23)33-28(37)25-12-19-8-9-20(26(30)31)13-24(19)35(25)15-17-4-6-18(7-5-17)27(32)36/h1-9,12-14,21H,10-11,15-16H2,(H3,30,31)(H2,32,36)(H,33,37)/t21-/m0/s1. The van der Waals surface area contributed by atoms with E-state index in [9.17, 15) is 14.0 Å². The second kappa shape index (κ2) is 9.77. The summed E-state index contributed by atoms with van der Waals surface area (Å²) in [5.74, 6) is -0.890. The number of carbonyl (C=O) groups is 2. The number of halogens is 1. The molecule has 1 aliphatic rings. The van der Waals surface area contributed by atoms with E-state index >= 15 is 0 Å². The predicted molar refractivity (Wildman–Crippen MR) is 143 cm³/mol. The van der Waals surface area contributed by atoms with Crippen molar-refractivity contribution in [3.8, 4) is 0 Å². The van der Waals surface area contributed by atoms with Crippen LogP contribution >= 0.6 is 0 Å². The van der Waals surface area contributed by atoms with Gasteiger partial charge in [-0.05, 0) is 54.4 Å². The summed E-state index contributed by atoms with van der Waals surface area (Å²) in [6, 6.07) is 21.4. The molecule has 9 heteroatoms. The average molecular weight is 499 g/mol. The SMILES string of the molecule is N=C(N)c1ccc2cc(C(=O)Nc3cccc(N4CC[C@H](F)C4)c3)n(Cc3ccc(C(N)=O)cc3)c2c1. The number of anilines is 2. The predicted octanol–water partition coefficient (Wildman–Crippen LogP) is 3.87. The molecule has 0 saturated carbocycles. The van der Waals surface area contributed by atoms with Crippen molar-refractivity contribution in [3.05, 3.63) is 95.2 Å². The molecular formula is C28H27FN6O2. The van der Waals surface area contributed by atoms with Crippen LogP contribution in [0.25, 0.3) is 10.9 Å². The van der Waals surface area contributed by atoms with Gasteiger partial charge in [-0.3, -0.25) is 15.0 Å². The van der Waals surface area contributed by atoms with Gasteiger partial charge in [0, 0.05) is 53.0 Å². The zero-order chi connectivity index (χ0) is 26.1. The molecule has 1 saturated heterocycles. The lowest BCUT2D eigenvalue weighted by atomic mass is 10.1. The molecule has 1 fully saturated rings. The van der Waals surface area contributed by atoms with Gasteiger partial charge in [-0.2, -0.15) is 0 Å². The Morgan fingerprint density at radius 2 is 1.76 bits per heavy atom. The summed E-state index contributed by atoms with van der Waals surface area (Å²) in [7, 11) is 0. The van der Waals surface area contributed by atoms with E-state index in [1.807, 2.05) is 33.7 Å². The van der Waals surface area contributed by atoms with Crippen molar-refractivity contribution in [2.24, 2.45) is 11.5 Å². The lowest BCUT2D eigenvalue weighted by Crippen LogP contribution is -2.21. The van der Waals surface area contributed by atoms with Crippen LogP contribution in [0.5, 0.6) is 0 Å². The molecule has 3 aromatic carbocycles. The molecule has 1 atom stereocenters. The number of nitrogen functional groups attached to an aromatic ring is 1. The minimum Gasteiger partial charge on any atom is -0.384 e. The number of benzene rings is 3. The van der Waals surface area contributed by atoms with Crippen LogP contribution in [0, 0.1) is 5.41 Å². The normalized spacial score (nSPS) is 15.2. The highest BCUT2D eigenvalue weighted by Gasteiger charge is 2.22. The summed E-state index contributed by atoms with van der Waals surface area (Å²) in [6.07, 6.45) is -0.342. The van der Waals surface area contributed by atoms with E-state index in [4.69, 9.17) is 16.9 Å². The van der Waals surface area contributed by atoms with E-state index in [2.05, 4.69) is 5.32 Å². The second-order valence-electron chi connectivity index (χ2n) is 9.20. The molecule has 0 unspecified atom stereocenters. The molecule has 2 heterocycles. The molecule has 4 aromatic rings. The molecule has 1 aliphatic heterocycles. The van der Waals surface area contributed by atoms with Gasteiger partial charge in [0.25, 0.3) is 5.91 Å². The third-order valence-corrected chi connectivity index (χ3v) is 6.63. The number of rotatable bonds is 7. The van der Waals surface area contributed by atoms with Crippen molar-refractivity contribution in [3.63, 3.8) is 0 Å². The molecule has 0 spiro atoms. The monoisotopic (exact) mass is 498 g/mol. The van der Waals surface area contributed by atoms with Crippen molar-refractivity contribution in [1.29, 1.82) is 5.41 Å². The molecule has 0 bridgehead atoms. The number of hydrogen-bond acceptors (Lipinski definition) is 4. The maximum absolute atomic E-state index is 13.7. The van der Waals surface area contributed by atoms with Gasteiger partial charge >= 0.3 is 0 Å². The van der Waals surface area contributed by atoms with E-state index in [1.165, 1.54) is 0 Å². The zero-order valence-electron chi connectivity index (χ0n) is 20.1. The van der Waals surface area contributed by atoms with Gasteiger partial charge in [0.05, 0.1) is 0 Å². The Morgan fingerprint density at radius 3 is 2.43 bits per heavy atom. The van der Waals surface area contributed by atoms with E-state index < -0.39 is 12.1 Å². The first-order valence-corrected chi connectivity index (χ1v) is 12.0. The van der Waals surface area contributed by atoms with Gasteiger partial charge in [0.15, 0.2) is 0 Å². The zero-order valence-corrected chi connectivity index (χ0v) is 20.1. The summed E-state index contributed by atoms with van der Waals surface area (Å²) in [5, 5.41) is 11.6. The minimum atomic E-state index is -0.842. The highest BCUT2D eigenvalue weighted by molar-refractivity contribution is 6.07. The highest BCUT2D eigenvalue weighted by atomic mass is 19.1. The maximum atomic E-state index is 13.7. The van der Waals surface area contributed by atoms with Crippen molar-refractivity contribution >= 4 is 39.9 Å². The fourth-order valence-electron chi connectivity index (χ4n) is 4.67. The van der Waals surface area contributed by atoms with E-state index in [-0.39, 0.29) is 11.7 Å². The minimum absolute atomic E-state index is 0.0688. The number of nitrogens with zero attached hydrogens (tertiary/aromatic N) is 2. The van der Waals surface area contributed by atoms with Gasteiger partial charge in [-0.1, -0.05) is 30.3 Å². The largest absolute Gasteiger partial charge is 0.384 e. The molecule has 0 radical (unpaired) electrons. The highest BCUT2D eigenvalue weighted by Crippen LogP contribution is 2.27. The van der Waals surface area contributed by atoms with Crippen LogP contribution in [0.1, 0.15) is 38.4 Å². The number of amides is 2. The molecule has 6 N–H and O–H groups in total. The van der Waals surface area contributed by atoms with Gasteiger partial charge in [-0.15, -0.1) is 0 Å². The van der Waals surface area contributed by atoms with E-state index in [0.29, 0.717) is 48.6 Å². The van der Waals surface area contributed by atoms with Gasteiger partial charge < -0.3 is 26.3 Å². The Bertz CT molecular complexity index is 1510. The number of fused-ring (bicyclic) bond motifs is 1. The van der Waals surface area contributed by atoms with Crippen LogP contribution in [0.2, 0.25) is 0 Å². The molecule has 2 amide bonds. The smallest absolute Gasteiger partial charge is 0.272 e. The number of aromatic nitrogens is 1.